The summed E-state index contributed by atoms with van der Waals surface area (Å²) in [5.41, 5.74) is 0.879. The van der Waals surface area contributed by atoms with Crippen LogP contribution in [0.3, 0.4) is 0 Å². The van der Waals surface area contributed by atoms with Gasteiger partial charge in [-0.15, -0.1) is 0 Å². The summed E-state index contributed by atoms with van der Waals surface area (Å²) in [6.07, 6.45) is 2.76. The molecule has 2 rings (SSSR count). The van der Waals surface area contributed by atoms with E-state index in [2.05, 4.69) is 42.1 Å². The predicted octanol–water partition coefficient (Wildman–Crippen LogP) is 4.09. The molecule has 2 aromatic carbocycles. The molecule has 0 heterocycles. The highest BCUT2D eigenvalue weighted by molar-refractivity contribution is 9.10. The van der Waals surface area contributed by atoms with E-state index in [-0.39, 0.29) is 11.5 Å². The fraction of sp³-hybridized carbons (Fsp3) is 0.125. The molecule has 126 valence electrons. The lowest BCUT2D eigenvalue weighted by Crippen LogP contribution is -1.90. The fourth-order valence-electron chi connectivity index (χ4n) is 1.89. The molecule has 6 nitrogen and oxygen atoms in total. The highest BCUT2D eigenvalue weighted by atomic mass is 79.9. The molecule has 2 aromatic rings. The normalized spacial score (nSPS) is 11.3. The van der Waals surface area contributed by atoms with Gasteiger partial charge in [-0.2, -0.15) is 10.2 Å². The highest BCUT2D eigenvalue weighted by Gasteiger charge is 2.09. The Morgan fingerprint density at radius 2 is 1.17 bits per heavy atom. The van der Waals surface area contributed by atoms with Crippen molar-refractivity contribution in [3.63, 3.8) is 0 Å². The van der Waals surface area contributed by atoms with Gasteiger partial charge in [0.25, 0.3) is 0 Å². The van der Waals surface area contributed by atoms with Crippen LogP contribution in [0.2, 0.25) is 0 Å². The van der Waals surface area contributed by atoms with Crippen molar-refractivity contribution in [2.24, 2.45) is 10.2 Å². The maximum atomic E-state index is 10.0. The average molecular weight is 458 g/mol. The number of rotatable bonds is 5. The monoisotopic (exact) mass is 456 g/mol. The van der Waals surface area contributed by atoms with Crippen LogP contribution in [0, 0.1) is 0 Å². The molecule has 0 saturated heterocycles. The van der Waals surface area contributed by atoms with Crippen molar-refractivity contribution in [3.05, 3.63) is 44.3 Å². The third kappa shape index (κ3) is 4.27. The summed E-state index contributed by atoms with van der Waals surface area (Å²) < 4.78 is 11.6. The second-order valence-electron chi connectivity index (χ2n) is 4.58. The molecule has 24 heavy (non-hydrogen) atoms. The minimum Gasteiger partial charge on any atom is -0.504 e. The Morgan fingerprint density at radius 3 is 1.50 bits per heavy atom. The Labute approximate surface area is 155 Å². The number of phenols is 2. The van der Waals surface area contributed by atoms with Crippen LogP contribution in [0.5, 0.6) is 23.0 Å². The number of hydrogen-bond donors (Lipinski definition) is 2. The minimum atomic E-state index is -0.0355. The first-order chi connectivity index (χ1) is 11.5. The number of aromatic hydroxyl groups is 2. The van der Waals surface area contributed by atoms with Gasteiger partial charge in [0, 0.05) is 20.1 Å². The van der Waals surface area contributed by atoms with Crippen molar-refractivity contribution < 1.29 is 19.7 Å². The number of nitrogens with zero attached hydrogens (tertiary/aromatic N) is 2. The molecular weight excluding hydrogens is 444 g/mol. The molecular formula is C16H14Br2N2O4. The van der Waals surface area contributed by atoms with E-state index < -0.39 is 0 Å². The summed E-state index contributed by atoms with van der Waals surface area (Å²) in [4.78, 5) is 0. The van der Waals surface area contributed by atoms with E-state index in [1.807, 2.05) is 0 Å². The van der Waals surface area contributed by atoms with Crippen molar-refractivity contribution in [3.8, 4) is 23.0 Å². The van der Waals surface area contributed by atoms with Crippen molar-refractivity contribution >= 4 is 44.3 Å². The first-order valence-electron chi connectivity index (χ1n) is 6.65. The van der Waals surface area contributed by atoms with E-state index in [1.54, 1.807) is 24.3 Å². The zero-order chi connectivity index (χ0) is 17.7. The van der Waals surface area contributed by atoms with Gasteiger partial charge in [-0.3, -0.25) is 0 Å². The van der Waals surface area contributed by atoms with Crippen LogP contribution in [0.25, 0.3) is 0 Å². The zero-order valence-electron chi connectivity index (χ0n) is 12.8. The summed E-state index contributed by atoms with van der Waals surface area (Å²) in [6.45, 7) is 0. The van der Waals surface area contributed by atoms with Crippen molar-refractivity contribution in [1.82, 2.24) is 0 Å². The lowest BCUT2D eigenvalue weighted by molar-refractivity contribution is 0.373. The number of benzene rings is 2. The third-order valence-corrected chi connectivity index (χ3v) is 3.95. The number of ether oxygens (including phenoxy) is 2. The van der Waals surface area contributed by atoms with Crippen LogP contribution >= 0.6 is 31.9 Å². The average Bonchev–Trinajstić information content (AvgIpc) is 2.56. The van der Waals surface area contributed by atoms with Gasteiger partial charge in [0.1, 0.15) is 0 Å². The van der Waals surface area contributed by atoms with Crippen LogP contribution in [-0.2, 0) is 0 Å². The van der Waals surface area contributed by atoms with E-state index in [9.17, 15) is 10.2 Å². The Bertz CT molecular complexity index is 740. The second kappa shape index (κ2) is 8.16. The van der Waals surface area contributed by atoms with Gasteiger partial charge in [0.05, 0.1) is 26.6 Å². The molecule has 0 amide bonds. The van der Waals surface area contributed by atoms with Gasteiger partial charge < -0.3 is 19.7 Å². The van der Waals surface area contributed by atoms with Crippen LogP contribution in [0.15, 0.2) is 43.4 Å². The lowest BCUT2D eigenvalue weighted by atomic mass is 10.2. The maximum absolute atomic E-state index is 10.0. The predicted molar refractivity (Wildman–Crippen MR) is 99.9 cm³/mol. The van der Waals surface area contributed by atoms with E-state index in [1.165, 1.54) is 26.6 Å². The number of halogens is 2. The molecule has 0 aromatic heterocycles. The van der Waals surface area contributed by atoms with Gasteiger partial charge in [-0.25, -0.2) is 0 Å². The lowest BCUT2D eigenvalue weighted by Gasteiger charge is -2.06. The Morgan fingerprint density at radius 1 is 0.792 bits per heavy atom. The molecule has 0 atom stereocenters. The summed E-state index contributed by atoms with van der Waals surface area (Å²) in [7, 11) is 2.92. The Kier molecular flexibility index (Phi) is 6.22. The highest BCUT2D eigenvalue weighted by Crippen LogP contribution is 2.33. The van der Waals surface area contributed by atoms with Gasteiger partial charge >= 0.3 is 0 Å². The van der Waals surface area contributed by atoms with E-state index >= 15 is 0 Å². The zero-order valence-corrected chi connectivity index (χ0v) is 16.0. The number of hydrogen-bond acceptors (Lipinski definition) is 6. The third-order valence-electron chi connectivity index (χ3n) is 3.04. The largest absolute Gasteiger partial charge is 0.504 e. The van der Waals surface area contributed by atoms with Gasteiger partial charge in [-0.05, 0) is 24.3 Å². The first-order valence-corrected chi connectivity index (χ1v) is 8.24. The molecule has 0 bridgehead atoms. The van der Waals surface area contributed by atoms with Crippen molar-refractivity contribution in [1.29, 1.82) is 0 Å². The second-order valence-corrected chi connectivity index (χ2v) is 6.41. The smallest absolute Gasteiger partial charge is 0.166 e. The van der Waals surface area contributed by atoms with E-state index in [4.69, 9.17) is 9.47 Å². The molecule has 0 unspecified atom stereocenters. The Balaban J connectivity index is 2.25. The molecule has 2 N–H and O–H groups in total. The quantitative estimate of drug-likeness (QED) is 0.523. The standard InChI is InChI=1S/C16H14Br2N2O4/c1-23-13-5-11(17)3-9(15(13)21)7-19-20-8-10-4-12(18)6-14(24-2)16(10)22/h3-8,21-22H,1-2H3. The Hall–Kier alpha value is -2.06. The molecule has 8 heteroatoms. The summed E-state index contributed by atoms with van der Waals surface area (Å²) in [6, 6.07) is 6.64. The molecule has 0 radical (unpaired) electrons. The minimum absolute atomic E-state index is 0.0355. The summed E-state index contributed by atoms with van der Waals surface area (Å²) in [5.74, 6) is 0.576. The summed E-state index contributed by atoms with van der Waals surface area (Å²) in [5, 5.41) is 27.8. The summed E-state index contributed by atoms with van der Waals surface area (Å²) >= 11 is 6.65. The van der Waals surface area contributed by atoms with Gasteiger partial charge in [0.15, 0.2) is 23.0 Å². The molecule has 0 aliphatic heterocycles. The maximum Gasteiger partial charge on any atom is 0.166 e. The van der Waals surface area contributed by atoms with E-state index in [0.29, 0.717) is 22.6 Å². The molecule has 0 spiro atoms. The van der Waals surface area contributed by atoms with Crippen molar-refractivity contribution in [2.45, 2.75) is 0 Å². The number of methoxy groups -OCH3 is 2. The SMILES string of the molecule is COc1cc(Br)cc(C=NN=Cc2cc(Br)cc(OC)c2O)c1O. The van der Waals surface area contributed by atoms with E-state index in [0.717, 1.165) is 8.95 Å². The van der Waals surface area contributed by atoms with Crippen LogP contribution in [0.4, 0.5) is 0 Å². The van der Waals surface area contributed by atoms with Crippen LogP contribution < -0.4 is 9.47 Å². The molecule has 0 fully saturated rings. The van der Waals surface area contributed by atoms with Crippen LogP contribution in [-0.4, -0.2) is 36.9 Å². The number of phenolic OH excluding ortho intramolecular Hbond substituents is 2. The van der Waals surface area contributed by atoms with Gasteiger partial charge in [0.2, 0.25) is 0 Å². The first kappa shape index (κ1) is 18.3. The van der Waals surface area contributed by atoms with Crippen LogP contribution in [0.1, 0.15) is 11.1 Å². The topological polar surface area (TPSA) is 83.6 Å². The molecule has 0 aliphatic carbocycles. The van der Waals surface area contributed by atoms with Gasteiger partial charge in [-0.1, -0.05) is 31.9 Å². The molecule has 0 aliphatic rings. The fourth-order valence-corrected chi connectivity index (χ4v) is 2.80. The van der Waals surface area contributed by atoms with Crippen molar-refractivity contribution in [2.75, 3.05) is 14.2 Å². The molecule has 0 saturated carbocycles.